The highest BCUT2D eigenvalue weighted by Gasteiger charge is 2.40. The minimum Gasteiger partial charge on any atom is -0.508 e. The first-order valence-electron chi connectivity index (χ1n) is 11.5. The number of benzene rings is 1. The van der Waals surface area contributed by atoms with Crippen molar-refractivity contribution < 1.29 is 39.9 Å². The first-order chi connectivity index (χ1) is 16.6. The third kappa shape index (κ3) is 8.65. The summed E-state index contributed by atoms with van der Waals surface area (Å²) >= 11 is 1.86. The Labute approximate surface area is 208 Å². The Balaban J connectivity index is 0.000000287. The van der Waals surface area contributed by atoms with Gasteiger partial charge in [0.2, 0.25) is 0 Å². The number of phenols is 1. The van der Waals surface area contributed by atoms with Gasteiger partial charge in [0.1, 0.15) is 5.75 Å². The molecule has 1 aliphatic rings. The van der Waals surface area contributed by atoms with Crippen LogP contribution in [0.15, 0.2) is 35.7 Å². The van der Waals surface area contributed by atoms with Crippen LogP contribution in [0.5, 0.6) is 5.75 Å². The number of thiophene rings is 1. The van der Waals surface area contributed by atoms with E-state index in [1.54, 1.807) is 0 Å². The molecule has 0 unspecified atom stereocenters. The number of hydrogen-bond donors (Lipinski definition) is 5. The van der Waals surface area contributed by atoms with E-state index in [1.807, 2.05) is 23.5 Å². The van der Waals surface area contributed by atoms with Crippen LogP contribution in [0.1, 0.15) is 48.6 Å². The number of rotatable bonds is 11. The molecule has 0 bridgehead atoms. The van der Waals surface area contributed by atoms with Crippen LogP contribution < -0.4 is 0 Å². The molecule has 1 aromatic carbocycles. The average Bonchev–Trinajstić information content (AvgIpc) is 3.29. The molecule has 35 heavy (non-hydrogen) atoms. The Morgan fingerprint density at radius 1 is 1.06 bits per heavy atom. The minimum absolute atomic E-state index is 0.483. The number of fused-ring (bicyclic) bond motifs is 1. The van der Waals surface area contributed by atoms with Gasteiger partial charge in [-0.15, -0.1) is 11.3 Å². The largest absolute Gasteiger partial charge is 0.508 e. The zero-order chi connectivity index (χ0) is 26.0. The molecule has 0 fully saturated rings. The fourth-order valence-electron chi connectivity index (χ4n) is 4.27. The first-order valence-corrected chi connectivity index (χ1v) is 12.4. The molecule has 192 valence electrons. The summed E-state index contributed by atoms with van der Waals surface area (Å²) in [6, 6.07) is 11.0. The van der Waals surface area contributed by atoms with Crippen molar-refractivity contribution in [3.63, 3.8) is 0 Å². The Morgan fingerprint density at radius 3 is 2.29 bits per heavy atom. The van der Waals surface area contributed by atoms with E-state index in [0.29, 0.717) is 11.8 Å². The number of aliphatic carboxylic acids is 3. The average molecular weight is 508 g/mol. The number of aliphatic hydroxyl groups is 1. The van der Waals surface area contributed by atoms with Crippen molar-refractivity contribution in [2.24, 2.45) is 0 Å². The van der Waals surface area contributed by atoms with Gasteiger partial charge in [-0.3, -0.25) is 14.5 Å². The molecule has 5 N–H and O–H groups in total. The molecule has 1 heterocycles. The van der Waals surface area contributed by atoms with E-state index in [4.69, 9.17) is 20.4 Å². The monoisotopic (exact) mass is 507 g/mol. The quantitative estimate of drug-likeness (QED) is 0.308. The molecule has 10 heteroatoms. The Morgan fingerprint density at radius 2 is 1.74 bits per heavy atom. The predicted molar refractivity (Wildman–Crippen MR) is 131 cm³/mol. The van der Waals surface area contributed by atoms with Gasteiger partial charge in [0, 0.05) is 17.5 Å². The molecule has 9 nitrogen and oxygen atoms in total. The fourth-order valence-corrected chi connectivity index (χ4v) is 4.96. The van der Waals surface area contributed by atoms with E-state index in [-0.39, 0.29) is 0 Å². The van der Waals surface area contributed by atoms with E-state index in [2.05, 4.69) is 35.4 Å². The summed E-state index contributed by atoms with van der Waals surface area (Å²) < 4.78 is 0. The number of aromatic hydroxyl groups is 1. The second kappa shape index (κ2) is 13.2. The molecule has 0 saturated carbocycles. The van der Waals surface area contributed by atoms with Crippen molar-refractivity contribution in [2.45, 2.75) is 63.5 Å². The number of carbonyl (C=O) groups is 3. The van der Waals surface area contributed by atoms with Crippen LogP contribution in [0.3, 0.4) is 0 Å². The summed E-state index contributed by atoms with van der Waals surface area (Å²) in [7, 11) is 0. The standard InChI is InChI=1S/C19H25NOS.C6H8O7/c1-2-11-20(12-10-17-6-4-13-22-17)16-8-9-18-15(14-16)5-3-7-19(18)21;7-3(8)1-6(13,5(11)12)2-4(9)10/h3-7,13,16,21H,2,8-12,14H2,1H3;13H,1-2H2,(H,7,8)(H,9,10)(H,11,12)/t16-;/m0./s1. The molecule has 3 rings (SSSR count). The molecule has 0 radical (unpaired) electrons. The maximum absolute atomic E-state index is 10.3. The van der Waals surface area contributed by atoms with Gasteiger partial charge in [0.05, 0.1) is 12.8 Å². The second-order valence-corrected chi connectivity index (χ2v) is 9.69. The highest BCUT2D eigenvalue weighted by atomic mass is 32.1. The van der Waals surface area contributed by atoms with Crippen LogP contribution in [0, 0.1) is 0 Å². The summed E-state index contributed by atoms with van der Waals surface area (Å²) in [5, 5.41) is 46.0. The predicted octanol–water partition coefficient (Wildman–Crippen LogP) is 3.02. The molecule has 1 atom stereocenters. The lowest BCUT2D eigenvalue weighted by Crippen LogP contribution is -2.42. The van der Waals surface area contributed by atoms with Gasteiger partial charge in [-0.25, -0.2) is 4.79 Å². The molecule has 1 aliphatic carbocycles. The number of phenolic OH excluding ortho intramolecular Hbond substituents is 1. The topological polar surface area (TPSA) is 156 Å². The van der Waals surface area contributed by atoms with E-state index < -0.39 is 36.4 Å². The van der Waals surface area contributed by atoms with Gasteiger partial charge >= 0.3 is 17.9 Å². The van der Waals surface area contributed by atoms with Gasteiger partial charge in [0.15, 0.2) is 5.60 Å². The maximum Gasteiger partial charge on any atom is 0.336 e. The molecule has 2 aromatic rings. The van der Waals surface area contributed by atoms with E-state index in [1.165, 1.54) is 29.0 Å². The van der Waals surface area contributed by atoms with Gasteiger partial charge in [-0.05, 0) is 67.3 Å². The highest BCUT2D eigenvalue weighted by molar-refractivity contribution is 7.09. The zero-order valence-electron chi connectivity index (χ0n) is 19.7. The van der Waals surface area contributed by atoms with Crippen molar-refractivity contribution in [3.05, 3.63) is 51.7 Å². The third-order valence-corrected chi connectivity index (χ3v) is 6.91. The SMILES string of the molecule is CCCN(CCc1cccs1)[C@H]1CCc2c(O)cccc2C1.O=C(O)CC(O)(CC(=O)O)C(=O)O. The summed E-state index contributed by atoms with van der Waals surface area (Å²) in [6.45, 7) is 4.58. The Bertz CT molecular complexity index is 975. The van der Waals surface area contributed by atoms with Crippen LogP contribution >= 0.6 is 11.3 Å². The number of hydrogen-bond acceptors (Lipinski definition) is 7. The summed E-state index contributed by atoms with van der Waals surface area (Å²) in [4.78, 5) is 34.6. The van der Waals surface area contributed by atoms with E-state index >= 15 is 0 Å². The lowest BCUT2D eigenvalue weighted by molar-refractivity contribution is -0.170. The maximum atomic E-state index is 10.3. The lowest BCUT2D eigenvalue weighted by Gasteiger charge is -2.35. The van der Waals surface area contributed by atoms with Crippen LogP contribution in [0.2, 0.25) is 0 Å². The van der Waals surface area contributed by atoms with Crippen molar-refractivity contribution in [3.8, 4) is 5.75 Å². The van der Waals surface area contributed by atoms with Crippen LogP contribution in [0.25, 0.3) is 0 Å². The summed E-state index contributed by atoms with van der Waals surface area (Å²) in [5.41, 5.74) is -0.223. The van der Waals surface area contributed by atoms with Gasteiger partial charge < -0.3 is 25.5 Å². The van der Waals surface area contributed by atoms with Crippen molar-refractivity contribution in [2.75, 3.05) is 13.1 Å². The van der Waals surface area contributed by atoms with Crippen LogP contribution in [-0.2, 0) is 33.6 Å². The van der Waals surface area contributed by atoms with Crippen molar-refractivity contribution >= 4 is 29.2 Å². The number of nitrogens with zero attached hydrogens (tertiary/aromatic N) is 1. The zero-order valence-corrected chi connectivity index (χ0v) is 20.5. The minimum atomic E-state index is -2.74. The number of carboxylic acids is 3. The normalized spacial score (nSPS) is 15.1. The van der Waals surface area contributed by atoms with Crippen LogP contribution in [-0.4, -0.2) is 73.1 Å². The first kappa shape index (κ1) is 28.3. The van der Waals surface area contributed by atoms with Crippen molar-refractivity contribution in [1.82, 2.24) is 4.90 Å². The van der Waals surface area contributed by atoms with Crippen molar-refractivity contribution in [1.29, 1.82) is 0 Å². The number of carboxylic acid groups (broad SMARTS) is 3. The molecule has 0 amide bonds. The Kier molecular flexibility index (Phi) is 10.7. The van der Waals surface area contributed by atoms with Gasteiger partial charge in [-0.2, -0.15) is 0 Å². The molecule has 0 aliphatic heterocycles. The van der Waals surface area contributed by atoms with Gasteiger partial charge in [0.25, 0.3) is 0 Å². The molecule has 1 aromatic heterocycles. The lowest BCUT2D eigenvalue weighted by atomic mass is 9.86. The Hall–Kier alpha value is -2.95. The third-order valence-electron chi connectivity index (χ3n) is 5.97. The molecule has 0 saturated heterocycles. The second-order valence-electron chi connectivity index (χ2n) is 8.65. The van der Waals surface area contributed by atoms with E-state index in [9.17, 15) is 19.5 Å². The molecular formula is C25H33NO8S. The fraction of sp³-hybridized carbons (Fsp3) is 0.480. The molecule has 0 spiro atoms. The van der Waals surface area contributed by atoms with Gasteiger partial charge in [-0.1, -0.05) is 25.1 Å². The molecular weight excluding hydrogens is 474 g/mol. The summed E-state index contributed by atoms with van der Waals surface area (Å²) in [5.74, 6) is -4.54. The van der Waals surface area contributed by atoms with Crippen LogP contribution in [0.4, 0.5) is 0 Å². The summed E-state index contributed by atoms with van der Waals surface area (Å²) in [6.07, 6.45) is 3.31. The smallest absolute Gasteiger partial charge is 0.336 e. The van der Waals surface area contributed by atoms with E-state index in [0.717, 1.165) is 32.2 Å². The highest BCUT2D eigenvalue weighted by Crippen LogP contribution is 2.31.